The van der Waals surface area contributed by atoms with E-state index in [1.165, 1.54) is 0 Å². The van der Waals surface area contributed by atoms with Crippen molar-refractivity contribution in [3.8, 4) is 17.6 Å². The number of rotatable bonds is 2. The van der Waals surface area contributed by atoms with E-state index in [2.05, 4.69) is 11.8 Å². The highest BCUT2D eigenvalue weighted by Gasteiger charge is 2.01. The van der Waals surface area contributed by atoms with Crippen molar-refractivity contribution in [2.45, 2.75) is 13.8 Å². The molecule has 1 heteroatoms. The molecule has 2 aromatic rings. The normalized spacial score (nSPS) is 9.44. The Kier molecular flexibility index (Phi) is 4.04. The molecular weight excluding hydrogens is 220 g/mol. The van der Waals surface area contributed by atoms with Crippen LogP contribution in [0.3, 0.4) is 0 Å². The minimum atomic E-state index is 0.417. The van der Waals surface area contributed by atoms with Crippen molar-refractivity contribution in [2.75, 3.05) is 6.61 Å². The smallest absolute Gasteiger partial charge is 0.149 e. The maximum atomic E-state index is 5.72. The Hall–Kier alpha value is -2.20. The maximum absolute atomic E-state index is 5.72. The Morgan fingerprint density at radius 2 is 1.56 bits per heavy atom. The van der Waals surface area contributed by atoms with E-state index in [1.807, 2.05) is 62.4 Å². The van der Waals surface area contributed by atoms with E-state index in [0.29, 0.717) is 6.61 Å². The average molecular weight is 236 g/mol. The third-order valence-electron chi connectivity index (χ3n) is 2.70. The average Bonchev–Trinajstić information content (AvgIpc) is 2.38. The molecule has 0 radical (unpaired) electrons. The second-order valence-electron chi connectivity index (χ2n) is 4.18. The van der Waals surface area contributed by atoms with E-state index >= 15 is 0 Å². The molecule has 0 aliphatic carbocycles. The molecule has 0 aliphatic heterocycles. The lowest BCUT2D eigenvalue weighted by Crippen LogP contribution is -1.98. The first-order chi connectivity index (χ1) is 8.77. The fourth-order valence-electron chi connectivity index (χ4n) is 1.79. The van der Waals surface area contributed by atoms with Crippen LogP contribution in [0.4, 0.5) is 0 Å². The molecule has 18 heavy (non-hydrogen) atoms. The molecule has 2 rings (SSSR count). The molecular formula is C17H16O. The van der Waals surface area contributed by atoms with Gasteiger partial charge in [-0.15, -0.1) is 0 Å². The second kappa shape index (κ2) is 5.93. The Labute approximate surface area is 108 Å². The van der Waals surface area contributed by atoms with E-state index in [1.54, 1.807) is 0 Å². The Bertz CT molecular complexity index is 553. The predicted octanol–water partition coefficient (Wildman–Crippen LogP) is 3.73. The van der Waals surface area contributed by atoms with Gasteiger partial charge in [-0.3, -0.25) is 0 Å². The van der Waals surface area contributed by atoms with Crippen molar-refractivity contribution in [3.63, 3.8) is 0 Å². The van der Waals surface area contributed by atoms with Gasteiger partial charge in [0.15, 0.2) is 0 Å². The van der Waals surface area contributed by atoms with E-state index in [0.717, 1.165) is 22.4 Å². The number of benzene rings is 2. The van der Waals surface area contributed by atoms with Crippen LogP contribution in [0, 0.1) is 25.7 Å². The van der Waals surface area contributed by atoms with Crippen molar-refractivity contribution in [3.05, 3.63) is 65.2 Å². The SMILES string of the molecule is Cc1cccc(C)c1OCC#Cc1ccccc1. The van der Waals surface area contributed by atoms with E-state index in [9.17, 15) is 0 Å². The zero-order valence-corrected chi connectivity index (χ0v) is 10.7. The van der Waals surface area contributed by atoms with Gasteiger partial charge in [0, 0.05) is 5.56 Å². The number of aryl methyl sites for hydroxylation is 2. The lowest BCUT2D eigenvalue weighted by atomic mass is 10.1. The van der Waals surface area contributed by atoms with Crippen LogP contribution >= 0.6 is 0 Å². The Morgan fingerprint density at radius 3 is 2.22 bits per heavy atom. The topological polar surface area (TPSA) is 9.23 Å². The molecule has 0 bridgehead atoms. The fourth-order valence-corrected chi connectivity index (χ4v) is 1.79. The third kappa shape index (κ3) is 3.15. The highest BCUT2D eigenvalue weighted by atomic mass is 16.5. The quantitative estimate of drug-likeness (QED) is 0.722. The minimum absolute atomic E-state index is 0.417. The summed E-state index contributed by atoms with van der Waals surface area (Å²) in [5, 5.41) is 0. The standard InChI is InChI=1S/C17H16O/c1-14-8-6-9-15(2)17(14)18-13-7-12-16-10-4-3-5-11-16/h3-6,8-11H,13H2,1-2H3. The van der Waals surface area contributed by atoms with Crippen molar-refractivity contribution in [1.29, 1.82) is 0 Å². The van der Waals surface area contributed by atoms with Crippen molar-refractivity contribution < 1.29 is 4.74 Å². The molecule has 1 nitrogen and oxygen atoms in total. The van der Waals surface area contributed by atoms with Gasteiger partial charge in [0.05, 0.1) is 0 Å². The molecule has 0 spiro atoms. The maximum Gasteiger partial charge on any atom is 0.149 e. The number of hydrogen-bond donors (Lipinski definition) is 0. The molecule has 2 aromatic carbocycles. The van der Waals surface area contributed by atoms with Gasteiger partial charge in [-0.25, -0.2) is 0 Å². The zero-order chi connectivity index (χ0) is 12.8. The fraction of sp³-hybridized carbons (Fsp3) is 0.176. The summed E-state index contributed by atoms with van der Waals surface area (Å²) in [5.74, 6) is 7.06. The molecule has 90 valence electrons. The van der Waals surface area contributed by atoms with E-state index in [4.69, 9.17) is 4.74 Å². The van der Waals surface area contributed by atoms with E-state index in [-0.39, 0.29) is 0 Å². The van der Waals surface area contributed by atoms with Crippen molar-refractivity contribution >= 4 is 0 Å². The summed E-state index contributed by atoms with van der Waals surface area (Å²) in [6, 6.07) is 16.1. The minimum Gasteiger partial charge on any atom is -0.480 e. The first-order valence-electron chi connectivity index (χ1n) is 6.00. The van der Waals surface area contributed by atoms with Gasteiger partial charge in [-0.2, -0.15) is 0 Å². The summed E-state index contributed by atoms with van der Waals surface area (Å²) in [7, 11) is 0. The molecule has 0 atom stereocenters. The molecule has 0 amide bonds. The highest BCUT2D eigenvalue weighted by Crippen LogP contribution is 2.21. The first kappa shape index (κ1) is 12.3. The largest absolute Gasteiger partial charge is 0.480 e. The molecule has 0 N–H and O–H groups in total. The van der Waals surface area contributed by atoms with Crippen LogP contribution < -0.4 is 4.74 Å². The van der Waals surface area contributed by atoms with Crippen molar-refractivity contribution in [1.82, 2.24) is 0 Å². The summed E-state index contributed by atoms with van der Waals surface area (Å²) < 4.78 is 5.72. The van der Waals surface area contributed by atoms with Gasteiger partial charge in [0.25, 0.3) is 0 Å². The van der Waals surface area contributed by atoms with Gasteiger partial charge in [-0.1, -0.05) is 48.2 Å². The van der Waals surface area contributed by atoms with Gasteiger partial charge >= 0.3 is 0 Å². The van der Waals surface area contributed by atoms with Crippen LogP contribution in [0.5, 0.6) is 5.75 Å². The van der Waals surface area contributed by atoms with Gasteiger partial charge in [-0.05, 0) is 37.1 Å². The van der Waals surface area contributed by atoms with Crippen LogP contribution in [0.15, 0.2) is 48.5 Å². The molecule has 0 heterocycles. The predicted molar refractivity (Wildman–Crippen MR) is 74.7 cm³/mol. The number of para-hydroxylation sites is 1. The first-order valence-corrected chi connectivity index (χ1v) is 6.00. The monoisotopic (exact) mass is 236 g/mol. The second-order valence-corrected chi connectivity index (χ2v) is 4.18. The lowest BCUT2D eigenvalue weighted by Gasteiger charge is -2.08. The molecule has 0 fully saturated rings. The van der Waals surface area contributed by atoms with Gasteiger partial charge < -0.3 is 4.74 Å². The van der Waals surface area contributed by atoms with Crippen LogP contribution in [0.1, 0.15) is 16.7 Å². The van der Waals surface area contributed by atoms with E-state index < -0.39 is 0 Å². The summed E-state index contributed by atoms with van der Waals surface area (Å²) in [5.41, 5.74) is 3.32. The molecule has 0 aliphatic rings. The highest BCUT2D eigenvalue weighted by molar-refractivity contribution is 5.40. The number of hydrogen-bond acceptors (Lipinski definition) is 1. The van der Waals surface area contributed by atoms with Crippen LogP contribution in [-0.2, 0) is 0 Å². The zero-order valence-electron chi connectivity index (χ0n) is 10.7. The van der Waals surface area contributed by atoms with Gasteiger partial charge in [0.2, 0.25) is 0 Å². The van der Waals surface area contributed by atoms with Crippen LogP contribution in [0.25, 0.3) is 0 Å². The molecule has 0 aromatic heterocycles. The Balaban J connectivity index is 1.99. The summed E-state index contributed by atoms with van der Waals surface area (Å²) in [6.07, 6.45) is 0. The van der Waals surface area contributed by atoms with Crippen LogP contribution in [-0.4, -0.2) is 6.61 Å². The third-order valence-corrected chi connectivity index (χ3v) is 2.70. The molecule has 0 unspecified atom stereocenters. The van der Waals surface area contributed by atoms with Gasteiger partial charge in [0.1, 0.15) is 12.4 Å². The summed E-state index contributed by atoms with van der Waals surface area (Å²) >= 11 is 0. The lowest BCUT2D eigenvalue weighted by molar-refractivity contribution is 0.365. The van der Waals surface area contributed by atoms with Crippen molar-refractivity contribution in [2.24, 2.45) is 0 Å². The Morgan fingerprint density at radius 1 is 0.889 bits per heavy atom. The van der Waals surface area contributed by atoms with Crippen LogP contribution in [0.2, 0.25) is 0 Å². The summed E-state index contributed by atoms with van der Waals surface area (Å²) in [6.45, 7) is 4.51. The number of ether oxygens (including phenoxy) is 1. The summed E-state index contributed by atoms with van der Waals surface area (Å²) in [4.78, 5) is 0. The molecule has 0 saturated heterocycles. The molecule has 0 saturated carbocycles.